The predicted octanol–water partition coefficient (Wildman–Crippen LogP) is 5.96. The van der Waals surface area contributed by atoms with E-state index in [1.165, 1.54) is 0 Å². The number of rotatable bonds is 7. The van der Waals surface area contributed by atoms with Crippen molar-refractivity contribution >= 4 is 29.8 Å². The number of fused-ring (bicyclic) bond motifs is 1. The minimum absolute atomic E-state index is 0.178. The molecule has 0 saturated carbocycles. The average Bonchev–Trinajstić information content (AvgIpc) is 3.28. The fraction of sp³-hybridized carbons (Fsp3) is 0.571. The molecular formula is C28H38BNO5. The Balaban J connectivity index is 1.51. The summed E-state index contributed by atoms with van der Waals surface area (Å²) in [4.78, 5) is 18.3. The number of aliphatic imine (C=N–C) groups is 1. The number of ether oxygens (including phenoxy) is 2. The monoisotopic (exact) mass is 479 g/mol. The Morgan fingerprint density at radius 3 is 2.34 bits per heavy atom. The smallest absolute Gasteiger partial charge is 0.457 e. The summed E-state index contributed by atoms with van der Waals surface area (Å²) >= 11 is 0. The van der Waals surface area contributed by atoms with Crippen LogP contribution in [0.25, 0.3) is 10.8 Å². The maximum Gasteiger partial charge on any atom is 0.457 e. The molecule has 0 N–H and O–H groups in total. The van der Waals surface area contributed by atoms with E-state index < -0.39 is 11.1 Å². The van der Waals surface area contributed by atoms with Gasteiger partial charge in [0.25, 0.3) is 0 Å². The summed E-state index contributed by atoms with van der Waals surface area (Å²) in [7, 11) is -0.243. The molecule has 2 aliphatic heterocycles. The lowest BCUT2D eigenvalue weighted by Crippen LogP contribution is -2.43. The van der Waals surface area contributed by atoms with E-state index in [9.17, 15) is 4.79 Å². The molecule has 2 heterocycles. The fourth-order valence-corrected chi connectivity index (χ4v) is 4.52. The molecule has 7 heteroatoms. The standard InChI is InChI=1S/C28H38BNO5/c1-25(2,3)33-24(31)28(17-10-11-18-29-34-26(4,5)27(6,7)35-29)19-32-23(30-28)22-16-12-14-20-13-8-9-15-21(20)22/h8-9,12-16H,10-11,17-19H2,1-7H3/t28-/m1/s1. The van der Waals surface area contributed by atoms with E-state index in [2.05, 4.69) is 45.9 Å². The molecule has 1 saturated heterocycles. The molecule has 2 aliphatic rings. The Morgan fingerprint density at radius 2 is 1.66 bits per heavy atom. The van der Waals surface area contributed by atoms with Crippen LogP contribution in [0.2, 0.25) is 6.32 Å². The number of nitrogens with zero attached hydrogens (tertiary/aromatic N) is 1. The molecule has 0 aromatic heterocycles. The van der Waals surface area contributed by atoms with Gasteiger partial charge < -0.3 is 18.8 Å². The van der Waals surface area contributed by atoms with Gasteiger partial charge in [0.15, 0.2) is 5.54 Å². The van der Waals surface area contributed by atoms with Crippen molar-refractivity contribution in [2.45, 2.75) is 96.4 Å². The predicted molar refractivity (Wildman–Crippen MR) is 140 cm³/mol. The molecule has 0 unspecified atom stereocenters. The topological polar surface area (TPSA) is 66.4 Å². The molecule has 2 aromatic carbocycles. The van der Waals surface area contributed by atoms with Gasteiger partial charge >= 0.3 is 13.1 Å². The number of benzene rings is 2. The first kappa shape index (κ1) is 25.7. The SMILES string of the molecule is CC(C)(C)OC(=O)[C@@]1(CCCCB2OC(C)(C)C(C)(C)O2)COC(c2cccc3ccccc23)=N1. The second-order valence-corrected chi connectivity index (χ2v) is 11.7. The maximum absolute atomic E-state index is 13.4. The van der Waals surface area contributed by atoms with Crippen LogP contribution in [0.3, 0.4) is 0 Å². The Labute approximate surface area is 209 Å². The van der Waals surface area contributed by atoms with Gasteiger partial charge in [-0.2, -0.15) is 0 Å². The van der Waals surface area contributed by atoms with Gasteiger partial charge in [-0.3, -0.25) is 0 Å². The van der Waals surface area contributed by atoms with Crippen molar-refractivity contribution in [1.29, 1.82) is 0 Å². The zero-order valence-electron chi connectivity index (χ0n) is 22.1. The molecule has 35 heavy (non-hydrogen) atoms. The largest absolute Gasteiger partial charge is 0.474 e. The maximum atomic E-state index is 13.4. The highest BCUT2D eigenvalue weighted by Gasteiger charge is 2.51. The third kappa shape index (κ3) is 5.41. The van der Waals surface area contributed by atoms with Crippen molar-refractivity contribution in [2.24, 2.45) is 4.99 Å². The number of carbonyl (C=O) groups is 1. The van der Waals surface area contributed by atoms with Crippen LogP contribution >= 0.6 is 0 Å². The molecule has 4 rings (SSSR count). The second kappa shape index (κ2) is 9.25. The van der Waals surface area contributed by atoms with E-state index >= 15 is 0 Å². The van der Waals surface area contributed by atoms with Gasteiger partial charge in [0, 0.05) is 5.56 Å². The minimum atomic E-state index is -1.06. The van der Waals surface area contributed by atoms with Crippen LogP contribution in [0.15, 0.2) is 47.5 Å². The summed E-state index contributed by atoms with van der Waals surface area (Å²) in [6, 6.07) is 14.2. The van der Waals surface area contributed by atoms with Crippen LogP contribution in [-0.4, -0.2) is 47.9 Å². The first-order valence-corrected chi connectivity index (χ1v) is 12.6. The van der Waals surface area contributed by atoms with Crippen molar-refractivity contribution in [3.63, 3.8) is 0 Å². The van der Waals surface area contributed by atoms with Crippen LogP contribution in [0, 0.1) is 0 Å². The van der Waals surface area contributed by atoms with Crippen LogP contribution < -0.4 is 0 Å². The van der Waals surface area contributed by atoms with Gasteiger partial charge in [0.1, 0.15) is 12.2 Å². The van der Waals surface area contributed by atoms with E-state index in [0.717, 1.165) is 35.5 Å². The zero-order chi connectivity index (χ0) is 25.5. The summed E-state index contributed by atoms with van der Waals surface area (Å²) in [5.41, 5.74) is -1.45. The molecule has 0 spiro atoms. The molecule has 1 fully saturated rings. The molecule has 188 valence electrons. The lowest BCUT2D eigenvalue weighted by molar-refractivity contribution is -0.162. The lowest BCUT2D eigenvalue weighted by Gasteiger charge is -2.32. The Kier molecular flexibility index (Phi) is 6.80. The fourth-order valence-electron chi connectivity index (χ4n) is 4.52. The van der Waals surface area contributed by atoms with E-state index in [0.29, 0.717) is 12.3 Å². The van der Waals surface area contributed by atoms with Gasteiger partial charge in [-0.05, 0) is 78.0 Å². The highest BCUT2D eigenvalue weighted by molar-refractivity contribution is 6.45. The quantitative estimate of drug-likeness (QED) is 0.279. The Hall–Kier alpha value is -2.38. The average molecular weight is 479 g/mol. The number of carbonyl (C=O) groups excluding carboxylic acids is 1. The number of unbranched alkanes of at least 4 members (excludes halogenated alkanes) is 1. The molecule has 0 amide bonds. The van der Waals surface area contributed by atoms with Gasteiger partial charge in [-0.15, -0.1) is 0 Å². The van der Waals surface area contributed by atoms with E-state index in [-0.39, 0.29) is 30.9 Å². The summed E-state index contributed by atoms with van der Waals surface area (Å²) in [5, 5.41) is 2.16. The minimum Gasteiger partial charge on any atom is -0.474 e. The molecule has 2 aromatic rings. The summed E-state index contributed by atoms with van der Waals surface area (Å²) in [6.45, 7) is 14.0. The summed E-state index contributed by atoms with van der Waals surface area (Å²) in [5.74, 6) is 0.162. The van der Waals surface area contributed by atoms with Crippen LogP contribution in [0.4, 0.5) is 0 Å². The third-order valence-electron chi connectivity index (χ3n) is 7.14. The highest BCUT2D eigenvalue weighted by atomic mass is 16.7. The van der Waals surface area contributed by atoms with Gasteiger partial charge in [0.2, 0.25) is 5.90 Å². The van der Waals surface area contributed by atoms with Crippen molar-refractivity contribution in [3.05, 3.63) is 48.0 Å². The number of hydrogen-bond donors (Lipinski definition) is 0. The van der Waals surface area contributed by atoms with Crippen molar-refractivity contribution in [3.8, 4) is 0 Å². The molecule has 0 radical (unpaired) electrons. The first-order chi connectivity index (χ1) is 16.3. The van der Waals surface area contributed by atoms with Crippen LogP contribution in [-0.2, 0) is 23.6 Å². The number of esters is 1. The van der Waals surface area contributed by atoms with E-state index in [4.69, 9.17) is 23.8 Å². The third-order valence-corrected chi connectivity index (χ3v) is 7.14. The lowest BCUT2D eigenvalue weighted by atomic mass is 9.81. The molecule has 0 aliphatic carbocycles. The Morgan fingerprint density at radius 1 is 1.00 bits per heavy atom. The molecule has 6 nitrogen and oxygen atoms in total. The van der Waals surface area contributed by atoms with Gasteiger partial charge in [-0.25, -0.2) is 9.79 Å². The molecular weight excluding hydrogens is 441 g/mol. The van der Waals surface area contributed by atoms with Gasteiger partial charge in [0.05, 0.1) is 11.2 Å². The Bertz CT molecular complexity index is 1100. The van der Waals surface area contributed by atoms with E-state index in [1.807, 2.05) is 45.0 Å². The molecule has 1 atom stereocenters. The van der Waals surface area contributed by atoms with Crippen LogP contribution in [0.1, 0.15) is 73.3 Å². The number of hydrogen-bond acceptors (Lipinski definition) is 6. The van der Waals surface area contributed by atoms with Crippen molar-refractivity contribution in [2.75, 3.05) is 6.61 Å². The van der Waals surface area contributed by atoms with E-state index in [1.54, 1.807) is 0 Å². The first-order valence-electron chi connectivity index (χ1n) is 12.6. The normalized spacial score (nSPS) is 23.3. The zero-order valence-corrected chi connectivity index (χ0v) is 22.1. The molecule has 0 bridgehead atoms. The van der Waals surface area contributed by atoms with Crippen molar-refractivity contribution in [1.82, 2.24) is 0 Å². The highest BCUT2D eigenvalue weighted by Crippen LogP contribution is 2.39. The van der Waals surface area contributed by atoms with Gasteiger partial charge in [-0.1, -0.05) is 49.2 Å². The summed E-state index contributed by atoms with van der Waals surface area (Å²) in [6.07, 6.45) is 2.92. The summed E-state index contributed by atoms with van der Waals surface area (Å²) < 4.78 is 24.1. The second-order valence-electron chi connectivity index (χ2n) is 11.7. The van der Waals surface area contributed by atoms with Crippen LogP contribution in [0.5, 0.6) is 0 Å². The van der Waals surface area contributed by atoms with Crippen molar-refractivity contribution < 1.29 is 23.6 Å².